The molecule has 0 amide bonds. The lowest BCUT2D eigenvalue weighted by Crippen LogP contribution is -2.19. The second-order valence-corrected chi connectivity index (χ2v) is 7.04. The summed E-state index contributed by atoms with van der Waals surface area (Å²) in [7, 11) is 0. The Morgan fingerprint density at radius 1 is 1.35 bits per heavy atom. The largest absolute Gasteiger partial charge is 0.392 e. The zero-order valence-electron chi connectivity index (χ0n) is 11.0. The average molecular weight is 350 g/mol. The van der Waals surface area contributed by atoms with Gasteiger partial charge in [-0.3, -0.25) is 4.98 Å². The van der Waals surface area contributed by atoms with Crippen molar-refractivity contribution in [2.24, 2.45) is 0 Å². The fourth-order valence-corrected chi connectivity index (χ4v) is 4.20. The SMILES string of the molecule is OC(CSc1cccc(Br)c1)C1CCc2cccnc21. The van der Waals surface area contributed by atoms with Gasteiger partial charge in [0, 0.05) is 32.9 Å². The number of aliphatic hydroxyl groups excluding tert-OH is 1. The van der Waals surface area contributed by atoms with Crippen LogP contribution in [0.25, 0.3) is 0 Å². The van der Waals surface area contributed by atoms with Crippen LogP contribution < -0.4 is 0 Å². The molecule has 4 heteroatoms. The molecule has 1 aromatic heterocycles. The van der Waals surface area contributed by atoms with Crippen molar-refractivity contribution in [3.8, 4) is 0 Å². The predicted molar refractivity (Wildman–Crippen MR) is 86.2 cm³/mol. The summed E-state index contributed by atoms with van der Waals surface area (Å²) < 4.78 is 1.07. The maximum Gasteiger partial charge on any atom is 0.0717 e. The van der Waals surface area contributed by atoms with Crippen LogP contribution in [0.5, 0.6) is 0 Å². The maximum absolute atomic E-state index is 10.5. The summed E-state index contributed by atoms with van der Waals surface area (Å²) in [5.41, 5.74) is 2.39. The van der Waals surface area contributed by atoms with Crippen LogP contribution in [0.1, 0.15) is 23.6 Å². The number of rotatable bonds is 4. The molecule has 1 N–H and O–H groups in total. The highest BCUT2D eigenvalue weighted by molar-refractivity contribution is 9.10. The zero-order chi connectivity index (χ0) is 13.9. The summed E-state index contributed by atoms with van der Waals surface area (Å²) >= 11 is 5.17. The van der Waals surface area contributed by atoms with Gasteiger partial charge >= 0.3 is 0 Å². The van der Waals surface area contributed by atoms with Gasteiger partial charge in [-0.05, 0) is 42.7 Å². The molecule has 1 aliphatic rings. The molecule has 0 fully saturated rings. The first-order valence-corrected chi connectivity index (χ1v) is 8.52. The Morgan fingerprint density at radius 3 is 3.10 bits per heavy atom. The molecule has 20 heavy (non-hydrogen) atoms. The van der Waals surface area contributed by atoms with E-state index in [1.54, 1.807) is 11.8 Å². The van der Waals surface area contributed by atoms with Gasteiger partial charge in [-0.25, -0.2) is 0 Å². The number of hydrogen-bond donors (Lipinski definition) is 1. The van der Waals surface area contributed by atoms with Crippen molar-refractivity contribution in [1.29, 1.82) is 0 Å². The number of fused-ring (bicyclic) bond motifs is 1. The topological polar surface area (TPSA) is 33.1 Å². The minimum atomic E-state index is -0.338. The molecule has 0 spiro atoms. The molecular formula is C16H16BrNOS. The molecule has 1 aromatic carbocycles. The number of benzene rings is 1. The van der Waals surface area contributed by atoms with Crippen LogP contribution in [0.2, 0.25) is 0 Å². The second kappa shape index (κ2) is 6.29. The first-order chi connectivity index (χ1) is 9.74. The fourth-order valence-electron chi connectivity index (χ4n) is 2.67. The van der Waals surface area contributed by atoms with Crippen molar-refractivity contribution < 1.29 is 5.11 Å². The molecular weight excluding hydrogens is 334 g/mol. The number of pyridine rings is 1. The molecule has 0 radical (unpaired) electrons. The van der Waals surface area contributed by atoms with Gasteiger partial charge in [-0.15, -0.1) is 11.8 Å². The Balaban J connectivity index is 1.65. The fraction of sp³-hybridized carbons (Fsp3) is 0.312. The molecule has 1 heterocycles. The number of hydrogen-bond acceptors (Lipinski definition) is 3. The summed E-state index contributed by atoms with van der Waals surface area (Å²) in [5.74, 6) is 0.891. The van der Waals surface area contributed by atoms with Gasteiger partial charge in [-0.2, -0.15) is 0 Å². The van der Waals surface area contributed by atoms with Crippen LogP contribution in [-0.2, 0) is 6.42 Å². The summed E-state index contributed by atoms with van der Waals surface area (Å²) in [6, 6.07) is 12.3. The molecule has 1 aliphatic carbocycles. The third-order valence-electron chi connectivity index (χ3n) is 3.68. The Labute approximate surface area is 131 Å². The summed E-state index contributed by atoms with van der Waals surface area (Å²) in [6.45, 7) is 0. The van der Waals surface area contributed by atoms with Crippen molar-refractivity contribution in [2.45, 2.75) is 29.8 Å². The van der Waals surface area contributed by atoms with E-state index in [4.69, 9.17) is 0 Å². The van der Waals surface area contributed by atoms with Crippen molar-refractivity contribution in [3.63, 3.8) is 0 Å². The van der Waals surface area contributed by atoms with E-state index in [1.807, 2.05) is 24.4 Å². The standard InChI is InChI=1S/C16H16BrNOS/c17-12-4-1-5-13(9-12)20-10-15(19)14-7-6-11-3-2-8-18-16(11)14/h1-5,8-9,14-15,19H,6-7,10H2. The second-order valence-electron chi connectivity index (χ2n) is 5.03. The lowest BCUT2D eigenvalue weighted by molar-refractivity contribution is 0.165. The van der Waals surface area contributed by atoms with E-state index in [-0.39, 0.29) is 12.0 Å². The van der Waals surface area contributed by atoms with Crippen LogP contribution in [0.15, 0.2) is 52.0 Å². The molecule has 0 saturated carbocycles. The number of aliphatic hydroxyl groups is 1. The Kier molecular flexibility index (Phi) is 4.44. The Bertz CT molecular complexity index is 605. The third-order valence-corrected chi connectivity index (χ3v) is 5.27. The average Bonchev–Trinajstić information content (AvgIpc) is 2.89. The van der Waals surface area contributed by atoms with E-state index in [2.05, 4.69) is 39.1 Å². The molecule has 2 aromatic rings. The van der Waals surface area contributed by atoms with Crippen molar-refractivity contribution >= 4 is 27.7 Å². The highest BCUT2D eigenvalue weighted by Gasteiger charge is 2.29. The van der Waals surface area contributed by atoms with E-state index in [1.165, 1.54) is 10.5 Å². The lowest BCUT2D eigenvalue weighted by atomic mass is 10.0. The molecule has 104 valence electrons. The minimum Gasteiger partial charge on any atom is -0.392 e. The number of aryl methyl sites for hydroxylation is 1. The summed E-state index contributed by atoms with van der Waals surface area (Å²) in [6.07, 6.45) is 3.53. The van der Waals surface area contributed by atoms with Crippen molar-refractivity contribution in [3.05, 3.63) is 58.3 Å². The first-order valence-electron chi connectivity index (χ1n) is 6.74. The monoisotopic (exact) mass is 349 g/mol. The van der Waals surface area contributed by atoms with E-state index in [0.717, 1.165) is 23.0 Å². The van der Waals surface area contributed by atoms with E-state index >= 15 is 0 Å². The number of aromatic nitrogens is 1. The van der Waals surface area contributed by atoms with Crippen LogP contribution >= 0.6 is 27.7 Å². The van der Waals surface area contributed by atoms with Gasteiger partial charge in [0.1, 0.15) is 0 Å². The number of nitrogens with zero attached hydrogens (tertiary/aromatic N) is 1. The van der Waals surface area contributed by atoms with Gasteiger partial charge in [0.2, 0.25) is 0 Å². The van der Waals surface area contributed by atoms with Crippen molar-refractivity contribution in [1.82, 2.24) is 4.98 Å². The van der Waals surface area contributed by atoms with Gasteiger partial charge in [0.05, 0.1) is 6.10 Å². The number of halogens is 1. The maximum atomic E-state index is 10.5. The van der Waals surface area contributed by atoms with Crippen LogP contribution in [0.4, 0.5) is 0 Å². The van der Waals surface area contributed by atoms with Gasteiger partial charge in [-0.1, -0.05) is 28.1 Å². The lowest BCUT2D eigenvalue weighted by Gasteiger charge is -2.18. The van der Waals surface area contributed by atoms with E-state index < -0.39 is 0 Å². The minimum absolute atomic E-state index is 0.186. The van der Waals surface area contributed by atoms with Gasteiger partial charge < -0.3 is 5.11 Å². The summed E-state index contributed by atoms with van der Waals surface area (Å²) in [4.78, 5) is 5.63. The van der Waals surface area contributed by atoms with Gasteiger partial charge in [0.25, 0.3) is 0 Å². The molecule has 3 rings (SSSR count). The quantitative estimate of drug-likeness (QED) is 0.846. The molecule has 0 bridgehead atoms. The molecule has 0 saturated heterocycles. The normalized spacial score (nSPS) is 18.8. The Morgan fingerprint density at radius 2 is 2.25 bits per heavy atom. The highest BCUT2D eigenvalue weighted by Crippen LogP contribution is 2.35. The molecule has 2 unspecified atom stereocenters. The predicted octanol–water partition coefficient (Wildman–Crippen LogP) is 4.03. The summed E-state index contributed by atoms with van der Waals surface area (Å²) in [5, 5.41) is 10.5. The molecule has 2 nitrogen and oxygen atoms in total. The molecule has 0 aliphatic heterocycles. The smallest absolute Gasteiger partial charge is 0.0717 e. The number of thioether (sulfide) groups is 1. The van der Waals surface area contributed by atoms with E-state index in [9.17, 15) is 5.11 Å². The first kappa shape index (κ1) is 14.1. The third kappa shape index (κ3) is 3.08. The van der Waals surface area contributed by atoms with Gasteiger partial charge in [0.15, 0.2) is 0 Å². The molecule has 2 atom stereocenters. The van der Waals surface area contributed by atoms with E-state index in [0.29, 0.717) is 5.75 Å². The van der Waals surface area contributed by atoms with Crippen LogP contribution in [-0.4, -0.2) is 21.9 Å². The van der Waals surface area contributed by atoms with Crippen molar-refractivity contribution in [2.75, 3.05) is 5.75 Å². The highest BCUT2D eigenvalue weighted by atomic mass is 79.9. The van der Waals surface area contributed by atoms with Crippen LogP contribution in [0.3, 0.4) is 0 Å². The van der Waals surface area contributed by atoms with Crippen LogP contribution in [0, 0.1) is 0 Å². The zero-order valence-corrected chi connectivity index (χ0v) is 13.4. The Hall–Kier alpha value is -0.840.